The standard InChI is InChI=1S/C22H26N2O5/c1-3-12-24-20(26)17-11-10-15(13-18(17)21(24)27)22(28)29-14(2)19(25)23-16-8-6-4-5-7-9-16/h3,10-11,13-14,16H,1,4-9,12H2,2H3,(H,23,25)/t14-/m1/s1. The number of hydrogen-bond acceptors (Lipinski definition) is 5. The van der Waals surface area contributed by atoms with Crippen LogP contribution in [0.1, 0.15) is 76.5 Å². The lowest BCUT2D eigenvalue weighted by atomic mass is 10.1. The Morgan fingerprint density at radius 1 is 1.17 bits per heavy atom. The lowest BCUT2D eigenvalue weighted by Gasteiger charge is -2.19. The number of nitrogens with zero attached hydrogens (tertiary/aromatic N) is 1. The summed E-state index contributed by atoms with van der Waals surface area (Å²) in [6, 6.07) is 4.33. The Balaban J connectivity index is 1.64. The molecule has 1 aliphatic heterocycles. The molecule has 1 aliphatic carbocycles. The fourth-order valence-corrected chi connectivity index (χ4v) is 3.74. The van der Waals surface area contributed by atoms with Gasteiger partial charge in [-0.05, 0) is 38.0 Å². The molecule has 0 aromatic heterocycles. The van der Waals surface area contributed by atoms with Crippen molar-refractivity contribution in [2.45, 2.75) is 57.6 Å². The number of esters is 1. The number of carbonyl (C=O) groups excluding carboxylic acids is 4. The van der Waals surface area contributed by atoms with Gasteiger partial charge in [-0.2, -0.15) is 0 Å². The Labute approximate surface area is 170 Å². The molecule has 0 unspecified atom stereocenters. The summed E-state index contributed by atoms with van der Waals surface area (Å²) in [5.74, 6) is -1.92. The molecule has 1 heterocycles. The van der Waals surface area contributed by atoms with Crippen molar-refractivity contribution in [1.82, 2.24) is 10.2 Å². The van der Waals surface area contributed by atoms with Crippen LogP contribution in [0.5, 0.6) is 0 Å². The monoisotopic (exact) mass is 398 g/mol. The molecule has 29 heavy (non-hydrogen) atoms. The van der Waals surface area contributed by atoms with Gasteiger partial charge in [0.15, 0.2) is 6.10 Å². The van der Waals surface area contributed by atoms with Crippen molar-refractivity contribution in [2.24, 2.45) is 0 Å². The molecule has 1 saturated carbocycles. The van der Waals surface area contributed by atoms with Crippen LogP contribution in [-0.4, -0.2) is 47.3 Å². The zero-order valence-corrected chi connectivity index (χ0v) is 16.6. The zero-order valence-electron chi connectivity index (χ0n) is 16.6. The molecule has 1 fully saturated rings. The highest BCUT2D eigenvalue weighted by Crippen LogP contribution is 2.24. The molecule has 3 amide bonds. The van der Waals surface area contributed by atoms with Gasteiger partial charge in [0, 0.05) is 12.6 Å². The van der Waals surface area contributed by atoms with E-state index in [1.54, 1.807) is 0 Å². The molecule has 0 spiro atoms. The first kappa shape index (κ1) is 20.8. The van der Waals surface area contributed by atoms with Crippen molar-refractivity contribution in [3.05, 3.63) is 47.5 Å². The van der Waals surface area contributed by atoms with Gasteiger partial charge in [0.25, 0.3) is 17.7 Å². The van der Waals surface area contributed by atoms with Crippen molar-refractivity contribution in [1.29, 1.82) is 0 Å². The summed E-state index contributed by atoms with van der Waals surface area (Å²) in [5, 5.41) is 2.96. The number of benzene rings is 1. The molecular weight excluding hydrogens is 372 g/mol. The first-order chi connectivity index (χ1) is 13.9. The maximum Gasteiger partial charge on any atom is 0.338 e. The van der Waals surface area contributed by atoms with Crippen molar-refractivity contribution < 1.29 is 23.9 Å². The van der Waals surface area contributed by atoms with Gasteiger partial charge in [0.2, 0.25) is 0 Å². The zero-order chi connectivity index (χ0) is 21.0. The van der Waals surface area contributed by atoms with Crippen LogP contribution in [0.15, 0.2) is 30.9 Å². The lowest BCUT2D eigenvalue weighted by molar-refractivity contribution is -0.129. The third-order valence-corrected chi connectivity index (χ3v) is 5.37. The summed E-state index contributed by atoms with van der Waals surface area (Å²) in [6.45, 7) is 5.17. The van der Waals surface area contributed by atoms with Crippen LogP contribution in [0.3, 0.4) is 0 Å². The van der Waals surface area contributed by atoms with Crippen molar-refractivity contribution in [3.8, 4) is 0 Å². The molecule has 1 N–H and O–H groups in total. The van der Waals surface area contributed by atoms with Gasteiger partial charge in [0.05, 0.1) is 16.7 Å². The summed E-state index contributed by atoms with van der Waals surface area (Å²) in [4.78, 5) is 50.6. The minimum absolute atomic E-state index is 0.102. The first-order valence-electron chi connectivity index (χ1n) is 10.0. The maximum atomic E-state index is 12.5. The highest BCUT2D eigenvalue weighted by atomic mass is 16.5. The summed E-state index contributed by atoms with van der Waals surface area (Å²) in [7, 11) is 0. The second-order valence-electron chi connectivity index (χ2n) is 7.51. The number of rotatable bonds is 6. The van der Waals surface area contributed by atoms with E-state index in [2.05, 4.69) is 11.9 Å². The summed E-state index contributed by atoms with van der Waals surface area (Å²) >= 11 is 0. The normalized spacial score (nSPS) is 18.0. The molecule has 2 aliphatic rings. The molecule has 1 atom stereocenters. The Kier molecular flexibility index (Phi) is 6.46. The van der Waals surface area contributed by atoms with E-state index in [0.29, 0.717) is 0 Å². The topological polar surface area (TPSA) is 92.8 Å². The molecule has 7 nitrogen and oxygen atoms in total. The van der Waals surface area contributed by atoms with Crippen LogP contribution >= 0.6 is 0 Å². The SMILES string of the molecule is C=CCN1C(=O)c2ccc(C(=O)O[C@H](C)C(=O)NC3CCCCCC3)cc2C1=O. The number of amides is 3. The molecule has 0 saturated heterocycles. The number of carbonyl (C=O) groups is 4. The van der Waals surface area contributed by atoms with Crippen LogP contribution in [0.4, 0.5) is 0 Å². The maximum absolute atomic E-state index is 12.5. The van der Waals surface area contributed by atoms with Crippen molar-refractivity contribution >= 4 is 23.7 Å². The predicted octanol–water partition coefficient (Wildman–Crippen LogP) is 2.85. The fourth-order valence-electron chi connectivity index (χ4n) is 3.74. The highest BCUT2D eigenvalue weighted by molar-refractivity contribution is 6.22. The van der Waals surface area contributed by atoms with E-state index in [4.69, 9.17) is 4.74 Å². The number of fused-ring (bicyclic) bond motifs is 1. The van der Waals surface area contributed by atoms with Gasteiger partial charge < -0.3 is 10.1 Å². The molecule has 1 aromatic carbocycles. The van der Waals surface area contributed by atoms with Crippen LogP contribution in [0.2, 0.25) is 0 Å². The molecule has 154 valence electrons. The van der Waals surface area contributed by atoms with Crippen molar-refractivity contribution in [3.63, 3.8) is 0 Å². The van der Waals surface area contributed by atoms with E-state index in [9.17, 15) is 19.2 Å². The molecule has 0 bridgehead atoms. The van der Waals surface area contributed by atoms with E-state index in [-0.39, 0.29) is 35.2 Å². The minimum atomic E-state index is -0.950. The largest absolute Gasteiger partial charge is 0.449 e. The number of imide groups is 1. The number of hydrogen-bond donors (Lipinski definition) is 1. The van der Waals surface area contributed by atoms with Gasteiger partial charge in [-0.3, -0.25) is 19.3 Å². The average molecular weight is 398 g/mol. The molecule has 0 radical (unpaired) electrons. The predicted molar refractivity (Wildman–Crippen MR) is 107 cm³/mol. The molecule has 3 rings (SSSR count). The Morgan fingerprint density at radius 2 is 1.83 bits per heavy atom. The van der Waals surface area contributed by atoms with Crippen LogP contribution < -0.4 is 5.32 Å². The van der Waals surface area contributed by atoms with Crippen molar-refractivity contribution in [2.75, 3.05) is 6.54 Å². The summed E-state index contributed by atoms with van der Waals surface area (Å²) < 4.78 is 5.29. The fraction of sp³-hybridized carbons (Fsp3) is 0.455. The molecule has 7 heteroatoms. The highest BCUT2D eigenvalue weighted by Gasteiger charge is 2.35. The van der Waals surface area contributed by atoms with Crippen LogP contribution in [-0.2, 0) is 9.53 Å². The Hall–Kier alpha value is -2.96. The second-order valence-corrected chi connectivity index (χ2v) is 7.51. The van der Waals surface area contributed by atoms with Gasteiger partial charge in [-0.15, -0.1) is 6.58 Å². The molecular formula is C22H26N2O5. The average Bonchev–Trinajstić information content (AvgIpc) is 2.89. The van der Waals surface area contributed by atoms with E-state index in [1.165, 1.54) is 44.0 Å². The quantitative estimate of drug-likeness (QED) is 0.344. The summed E-state index contributed by atoms with van der Waals surface area (Å²) in [6.07, 6.45) is 6.93. The van der Waals surface area contributed by atoms with Gasteiger partial charge in [0.1, 0.15) is 0 Å². The third-order valence-electron chi connectivity index (χ3n) is 5.37. The minimum Gasteiger partial charge on any atom is -0.449 e. The smallest absolute Gasteiger partial charge is 0.338 e. The van der Waals surface area contributed by atoms with Gasteiger partial charge in [-0.1, -0.05) is 31.8 Å². The lowest BCUT2D eigenvalue weighted by Crippen LogP contribution is -2.41. The number of ether oxygens (including phenoxy) is 1. The third kappa shape index (κ3) is 4.55. The number of nitrogens with one attached hydrogen (secondary N) is 1. The first-order valence-corrected chi connectivity index (χ1v) is 10.0. The van der Waals surface area contributed by atoms with Crippen LogP contribution in [0.25, 0.3) is 0 Å². The van der Waals surface area contributed by atoms with Crippen LogP contribution in [0, 0.1) is 0 Å². The summed E-state index contributed by atoms with van der Waals surface area (Å²) in [5.41, 5.74) is 0.522. The molecule has 1 aromatic rings. The second kappa shape index (κ2) is 9.03. The van der Waals surface area contributed by atoms with E-state index < -0.39 is 23.9 Å². The Bertz CT molecular complexity index is 840. The van der Waals surface area contributed by atoms with Gasteiger partial charge in [-0.25, -0.2) is 4.79 Å². The van der Waals surface area contributed by atoms with Gasteiger partial charge >= 0.3 is 5.97 Å². The van der Waals surface area contributed by atoms with E-state index in [0.717, 1.165) is 30.6 Å². The Morgan fingerprint density at radius 3 is 2.48 bits per heavy atom. The van der Waals surface area contributed by atoms with E-state index in [1.807, 2.05) is 0 Å². The van der Waals surface area contributed by atoms with E-state index >= 15 is 0 Å².